The van der Waals surface area contributed by atoms with Crippen molar-refractivity contribution < 1.29 is 0 Å². The molecule has 1 heterocycles. The summed E-state index contributed by atoms with van der Waals surface area (Å²) in [4.78, 5) is 0. The fourth-order valence-electron chi connectivity index (χ4n) is 0.916. The van der Waals surface area contributed by atoms with Crippen LogP contribution in [0.3, 0.4) is 0 Å². The Kier molecular flexibility index (Phi) is 2.31. The molecule has 0 aromatic carbocycles. The summed E-state index contributed by atoms with van der Waals surface area (Å²) in [6.07, 6.45) is 1.81. The van der Waals surface area contributed by atoms with Crippen LogP contribution in [0.1, 0.15) is 13.8 Å². The van der Waals surface area contributed by atoms with E-state index in [1.165, 1.54) is 0 Å². The van der Waals surface area contributed by atoms with E-state index in [9.17, 15) is 0 Å². The number of rotatable bonds is 3. The number of aryl methyl sites for hydroxylation is 1. The van der Waals surface area contributed by atoms with E-state index >= 15 is 0 Å². The van der Waals surface area contributed by atoms with Crippen molar-refractivity contribution in [3.8, 4) is 0 Å². The zero-order valence-electron chi connectivity index (χ0n) is 6.46. The van der Waals surface area contributed by atoms with Crippen molar-refractivity contribution >= 4 is 5.82 Å². The summed E-state index contributed by atoms with van der Waals surface area (Å²) in [6.45, 7) is 6.03. The molecule has 0 radical (unpaired) electrons. The predicted molar refractivity (Wildman–Crippen MR) is 42.1 cm³/mol. The van der Waals surface area contributed by atoms with Crippen molar-refractivity contribution in [3.63, 3.8) is 0 Å². The first-order valence-electron chi connectivity index (χ1n) is 3.64. The van der Waals surface area contributed by atoms with E-state index in [2.05, 4.69) is 24.3 Å². The summed E-state index contributed by atoms with van der Waals surface area (Å²) < 4.78 is 1.93. The second kappa shape index (κ2) is 3.25. The topological polar surface area (TPSA) is 29.9 Å². The van der Waals surface area contributed by atoms with Crippen molar-refractivity contribution in [2.24, 2.45) is 0 Å². The quantitative estimate of drug-likeness (QED) is 0.684. The average molecular weight is 139 g/mol. The number of hydrogen-bond donors (Lipinski definition) is 1. The molecule has 3 heteroatoms. The summed E-state index contributed by atoms with van der Waals surface area (Å²) in [7, 11) is 0. The van der Waals surface area contributed by atoms with E-state index in [-0.39, 0.29) is 0 Å². The highest BCUT2D eigenvalue weighted by atomic mass is 15.3. The highest BCUT2D eigenvalue weighted by Crippen LogP contribution is 2.03. The monoisotopic (exact) mass is 139 g/mol. The van der Waals surface area contributed by atoms with Gasteiger partial charge < -0.3 is 5.32 Å². The first kappa shape index (κ1) is 7.12. The van der Waals surface area contributed by atoms with Gasteiger partial charge in [0.1, 0.15) is 5.82 Å². The number of hydrogen-bond acceptors (Lipinski definition) is 2. The highest BCUT2D eigenvalue weighted by Gasteiger charge is 1.95. The van der Waals surface area contributed by atoms with Gasteiger partial charge in [0, 0.05) is 19.2 Å². The molecule has 0 amide bonds. The van der Waals surface area contributed by atoms with Crippen LogP contribution in [0.15, 0.2) is 12.3 Å². The van der Waals surface area contributed by atoms with Crippen molar-refractivity contribution in [2.75, 3.05) is 11.9 Å². The maximum absolute atomic E-state index is 4.11. The van der Waals surface area contributed by atoms with Gasteiger partial charge in [-0.05, 0) is 13.8 Å². The molecule has 0 unspecified atom stereocenters. The van der Waals surface area contributed by atoms with E-state index in [0.29, 0.717) is 0 Å². The van der Waals surface area contributed by atoms with Gasteiger partial charge in [-0.25, -0.2) is 0 Å². The van der Waals surface area contributed by atoms with Crippen LogP contribution in [0.5, 0.6) is 0 Å². The van der Waals surface area contributed by atoms with Gasteiger partial charge in [0.25, 0.3) is 0 Å². The Morgan fingerprint density at radius 2 is 2.40 bits per heavy atom. The lowest BCUT2D eigenvalue weighted by Crippen LogP contribution is -2.05. The maximum atomic E-state index is 4.11. The van der Waals surface area contributed by atoms with Crippen LogP contribution in [0, 0.1) is 0 Å². The minimum atomic E-state index is 0.926. The Morgan fingerprint density at radius 3 is 3.00 bits per heavy atom. The molecule has 0 bridgehead atoms. The molecule has 1 aromatic rings. The first-order chi connectivity index (χ1) is 4.88. The average Bonchev–Trinajstić information content (AvgIpc) is 2.36. The van der Waals surface area contributed by atoms with Crippen molar-refractivity contribution in [1.29, 1.82) is 0 Å². The zero-order valence-corrected chi connectivity index (χ0v) is 6.46. The lowest BCUT2D eigenvalue weighted by molar-refractivity contribution is 0.665. The molecule has 0 aliphatic heterocycles. The molecular weight excluding hydrogens is 126 g/mol. The number of nitrogens with zero attached hydrogens (tertiary/aromatic N) is 2. The molecule has 0 saturated heterocycles. The van der Waals surface area contributed by atoms with Gasteiger partial charge in [-0.3, -0.25) is 4.68 Å². The van der Waals surface area contributed by atoms with Crippen LogP contribution in [0.2, 0.25) is 0 Å². The molecule has 56 valence electrons. The molecule has 0 saturated carbocycles. The number of anilines is 1. The molecule has 0 aliphatic carbocycles. The molecule has 0 spiro atoms. The Morgan fingerprint density at radius 1 is 1.60 bits per heavy atom. The zero-order chi connectivity index (χ0) is 7.40. The number of nitrogens with one attached hydrogen (secondary N) is 1. The minimum Gasteiger partial charge on any atom is -0.371 e. The molecule has 0 fully saturated rings. The minimum absolute atomic E-state index is 0.926. The van der Waals surface area contributed by atoms with Gasteiger partial charge in [0.15, 0.2) is 0 Å². The normalized spacial score (nSPS) is 9.80. The largest absolute Gasteiger partial charge is 0.371 e. The van der Waals surface area contributed by atoms with E-state index < -0.39 is 0 Å². The van der Waals surface area contributed by atoms with Crippen molar-refractivity contribution in [1.82, 2.24) is 9.78 Å². The summed E-state index contributed by atoms with van der Waals surface area (Å²) in [5.74, 6) is 1.10. The fourth-order valence-corrected chi connectivity index (χ4v) is 0.916. The fraction of sp³-hybridized carbons (Fsp3) is 0.571. The third-order valence-electron chi connectivity index (χ3n) is 1.37. The lowest BCUT2D eigenvalue weighted by atomic mass is 10.6. The summed E-state index contributed by atoms with van der Waals surface area (Å²) in [6, 6.07) is 1.98. The van der Waals surface area contributed by atoms with Gasteiger partial charge in [0.2, 0.25) is 0 Å². The van der Waals surface area contributed by atoms with Gasteiger partial charge in [-0.2, -0.15) is 5.10 Å². The molecular formula is C7H13N3. The van der Waals surface area contributed by atoms with Crippen LogP contribution >= 0.6 is 0 Å². The Hall–Kier alpha value is -0.990. The molecule has 1 aromatic heterocycles. The Balaban J connectivity index is 2.70. The molecule has 0 atom stereocenters. The molecule has 10 heavy (non-hydrogen) atoms. The van der Waals surface area contributed by atoms with E-state index in [0.717, 1.165) is 18.9 Å². The lowest BCUT2D eigenvalue weighted by Gasteiger charge is -2.03. The van der Waals surface area contributed by atoms with Crippen molar-refractivity contribution in [2.45, 2.75) is 20.4 Å². The van der Waals surface area contributed by atoms with E-state index in [1.807, 2.05) is 16.9 Å². The van der Waals surface area contributed by atoms with Gasteiger partial charge >= 0.3 is 0 Å². The second-order valence-corrected chi connectivity index (χ2v) is 2.06. The molecule has 0 aliphatic rings. The smallest absolute Gasteiger partial charge is 0.124 e. The Labute approximate surface area is 61.0 Å². The molecule has 3 nitrogen and oxygen atoms in total. The van der Waals surface area contributed by atoms with Crippen LogP contribution < -0.4 is 5.32 Å². The third kappa shape index (κ3) is 1.29. The van der Waals surface area contributed by atoms with Gasteiger partial charge in [-0.15, -0.1) is 0 Å². The second-order valence-electron chi connectivity index (χ2n) is 2.06. The summed E-state index contributed by atoms with van der Waals surface area (Å²) in [5.41, 5.74) is 0. The number of aromatic nitrogens is 2. The van der Waals surface area contributed by atoms with Crippen LogP contribution in [0.4, 0.5) is 5.82 Å². The van der Waals surface area contributed by atoms with Crippen LogP contribution in [-0.2, 0) is 6.54 Å². The summed E-state index contributed by atoms with van der Waals surface area (Å²) in [5, 5.41) is 7.31. The molecule has 1 rings (SSSR count). The van der Waals surface area contributed by atoms with Gasteiger partial charge in [0.05, 0.1) is 6.20 Å². The van der Waals surface area contributed by atoms with Crippen molar-refractivity contribution in [3.05, 3.63) is 12.3 Å². The third-order valence-corrected chi connectivity index (χ3v) is 1.37. The molecule has 1 N–H and O–H groups in total. The van der Waals surface area contributed by atoms with E-state index in [1.54, 1.807) is 0 Å². The maximum Gasteiger partial charge on any atom is 0.124 e. The van der Waals surface area contributed by atoms with Crippen LogP contribution in [0.25, 0.3) is 0 Å². The van der Waals surface area contributed by atoms with E-state index in [4.69, 9.17) is 0 Å². The SMILES string of the molecule is CCNc1ccnn1CC. The Bertz CT molecular complexity index is 192. The standard InChI is InChI=1S/C7H13N3/c1-3-8-7-5-6-9-10(7)4-2/h5-6,8H,3-4H2,1-2H3. The summed E-state index contributed by atoms with van der Waals surface area (Å²) >= 11 is 0. The highest BCUT2D eigenvalue weighted by molar-refractivity contribution is 5.33. The first-order valence-corrected chi connectivity index (χ1v) is 3.64. The predicted octanol–water partition coefficient (Wildman–Crippen LogP) is 1.33. The van der Waals surface area contributed by atoms with Gasteiger partial charge in [-0.1, -0.05) is 0 Å². The van der Waals surface area contributed by atoms with Crippen LogP contribution in [-0.4, -0.2) is 16.3 Å².